The van der Waals surface area contributed by atoms with Crippen molar-refractivity contribution in [1.82, 2.24) is 14.8 Å². The monoisotopic (exact) mass is 270 g/mol. The third-order valence-electron chi connectivity index (χ3n) is 4.30. The number of anilines is 1. The van der Waals surface area contributed by atoms with Gasteiger partial charge in [-0.3, -0.25) is 4.98 Å². The van der Waals surface area contributed by atoms with Gasteiger partial charge in [0.1, 0.15) is 5.82 Å². The molecule has 0 saturated carbocycles. The molecule has 0 amide bonds. The van der Waals surface area contributed by atoms with Gasteiger partial charge in [0.25, 0.3) is 0 Å². The van der Waals surface area contributed by atoms with Gasteiger partial charge in [0, 0.05) is 36.8 Å². The molecule has 0 bridgehead atoms. The van der Waals surface area contributed by atoms with Crippen LogP contribution in [0.4, 0.5) is 5.82 Å². The maximum Gasteiger partial charge on any atom is 0.124 e. The summed E-state index contributed by atoms with van der Waals surface area (Å²) in [5.41, 5.74) is 2.56. The number of hydrogen-bond acceptors (Lipinski definition) is 3. The molecular formula is C16H22N4. The van der Waals surface area contributed by atoms with Crippen LogP contribution < -0.4 is 5.32 Å². The normalized spacial score (nSPS) is 17.9. The standard InChI is InChI=1S/C16H22N4/c1-3-12(4-2)15-9-16-18-10-14(11-20(16)19-15)13-5-7-17-8-6-13/h5-9,12,14,18H,3-4,10-11H2,1-2H3. The van der Waals surface area contributed by atoms with Crippen LogP contribution in [0.2, 0.25) is 0 Å². The van der Waals surface area contributed by atoms with E-state index in [4.69, 9.17) is 5.10 Å². The Kier molecular flexibility index (Phi) is 3.72. The Morgan fingerprint density at radius 3 is 2.75 bits per heavy atom. The number of rotatable bonds is 4. The van der Waals surface area contributed by atoms with E-state index in [9.17, 15) is 0 Å². The average Bonchev–Trinajstić information content (AvgIpc) is 2.92. The maximum atomic E-state index is 4.81. The summed E-state index contributed by atoms with van der Waals surface area (Å²) in [6.07, 6.45) is 6.04. The van der Waals surface area contributed by atoms with Crippen molar-refractivity contribution in [3.63, 3.8) is 0 Å². The first-order valence-electron chi connectivity index (χ1n) is 7.53. The Morgan fingerprint density at radius 2 is 2.05 bits per heavy atom. The highest BCUT2D eigenvalue weighted by atomic mass is 15.3. The van der Waals surface area contributed by atoms with Crippen LogP contribution in [0, 0.1) is 0 Å². The molecule has 2 aromatic rings. The van der Waals surface area contributed by atoms with Crippen LogP contribution in [0.15, 0.2) is 30.6 Å². The quantitative estimate of drug-likeness (QED) is 0.926. The molecule has 0 spiro atoms. The summed E-state index contributed by atoms with van der Waals surface area (Å²) in [5, 5.41) is 8.32. The van der Waals surface area contributed by atoms with E-state index in [-0.39, 0.29) is 0 Å². The van der Waals surface area contributed by atoms with Crippen molar-refractivity contribution in [3.05, 3.63) is 41.9 Å². The van der Waals surface area contributed by atoms with Crippen molar-refractivity contribution in [2.45, 2.75) is 45.1 Å². The second kappa shape index (κ2) is 5.65. The molecule has 1 unspecified atom stereocenters. The van der Waals surface area contributed by atoms with E-state index in [1.54, 1.807) is 0 Å². The van der Waals surface area contributed by atoms with E-state index in [1.807, 2.05) is 12.4 Å². The van der Waals surface area contributed by atoms with E-state index >= 15 is 0 Å². The first kappa shape index (κ1) is 13.2. The molecule has 1 aliphatic heterocycles. The highest BCUT2D eigenvalue weighted by Crippen LogP contribution is 2.29. The van der Waals surface area contributed by atoms with Crippen molar-refractivity contribution in [2.75, 3.05) is 11.9 Å². The van der Waals surface area contributed by atoms with Crippen molar-refractivity contribution >= 4 is 5.82 Å². The zero-order chi connectivity index (χ0) is 13.9. The third kappa shape index (κ3) is 2.42. The molecule has 1 N–H and O–H groups in total. The van der Waals surface area contributed by atoms with Crippen molar-refractivity contribution in [2.24, 2.45) is 0 Å². The fourth-order valence-corrected chi connectivity index (χ4v) is 2.98. The summed E-state index contributed by atoms with van der Waals surface area (Å²) in [6, 6.07) is 6.42. The van der Waals surface area contributed by atoms with Crippen molar-refractivity contribution in [3.8, 4) is 0 Å². The van der Waals surface area contributed by atoms with Crippen molar-refractivity contribution in [1.29, 1.82) is 0 Å². The van der Waals surface area contributed by atoms with Crippen LogP contribution >= 0.6 is 0 Å². The maximum absolute atomic E-state index is 4.81. The smallest absolute Gasteiger partial charge is 0.124 e. The van der Waals surface area contributed by atoms with Crippen LogP contribution in [-0.4, -0.2) is 21.3 Å². The Labute approximate surface area is 120 Å². The van der Waals surface area contributed by atoms with Crippen LogP contribution in [0.5, 0.6) is 0 Å². The second-order valence-corrected chi connectivity index (χ2v) is 5.51. The van der Waals surface area contributed by atoms with Crippen LogP contribution in [0.25, 0.3) is 0 Å². The van der Waals surface area contributed by atoms with Crippen LogP contribution in [-0.2, 0) is 6.54 Å². The summed E-state index contributed by atoms with van der Waals surface area (Å²) in [4.78, 5) is 4.09. The highest BCUT2D eigenvalue weighted by molar-refractivity contribution is 5.41. The lowest BCUT2D eigenvalue weighted by Gasteiger charge is -2.25. The minimum absolute atomic E-state index is 0.472. The summed E-state index contributed by atoms with van der Waals surface area (Å²) in [6.45, 7) is 6.39. The fraction of sp³-hybridized carbons (Fsp3) is 0.500. The number of hydrogen-bond donors (Lipinski definition) is 1. The van der Waals surface area contributed by atoms with Gasteiger partial charge >= 0.3 is 0 Å². The molecule has 106 valence electrons. The first-order chi connectivity index (χ1) is 9.81. The third-order valence-corrected chi connectivity index (χ3v) is 4.30. The topological polar surface area (TPSA) is 42.7 Å². The summed E-state index contributed by atoms with van der Waals surface area (Å²) >= 11 is 0. The predicted octanol–water partition coefficient (Wildman–Crippen LogP) is 3.39. The second-order valence-electron chi connectivity index (χ2n) is 5.51. The van der Waals surface area contributed by atoms with Gasteiger partial charge in [-0.2, -0.15) is 5.10 Å². The fourth-order valence-electron chi connectivity index (χ4n) is 2.98. The zero-order valence-electron chi connectivity index (χ0n) is 12.2. The molecule has 3 rings (SSSR count). The van der Waals surface area contributed by atoms with Gasteiger partial charge in [0.2, 0.25) is 0 Å². The Hall–Kier alpha value is -1.84. The van der Waals surface area contributed by atoms with Gasteiger partial charge in [0.15, 0.2) is 0 Å². The van der Waals surface area contributed by atoms with E-state index in [2.05, 4.69) is 47.0 Å². The van der Waals surface area contributed by atoms with E-state index in [0.717, 1.165) is 31.7 Å². The lowest BCUT2D eigenvalue weighted by Crippen LogP contribution is -2.26. The first-order valence-corrected chi connectivity index (χ1v) is 7.53. The number of pyridine rings is 1. The molecule has 4 nitrogen and oxygen atoms in total. The number of nitrogens with one attached hydrogen (secondary N) is 1. The summed E-state index contributed by atoms with van der Waals surface area (Å²) < 4.78 is 2.13. The lowest BCUT2D eigenvalue weighted by molar-refractivity contribution is 0.493. The molecule has 3 heterocycles. The lowest BCUT2D eigenvalue weighted by atomic mass is 9.98. The Morgan fingerprint density at radius 1 is 1.30 bits per heavy atom. The van der Waals surface area contributed by atoms with E-state index in [1.165, 1.54) is 11.3 Å². The highest BCUT2D eigenvalue weighted by Gasteiger charge is 2.22. The van der Waals surface area contributed by atoms with Gasteiger partial charge < -0.3 is 5.32 Å². The van der Waals surface area contributed by atoms with Gasteiger partial charge in [-0.25, -0.2) is 4.68 Å². The average molecular weight is 270 g/mol. The minimum Gasteiger partial charge on any atom is -0.370 e. The molecule has 0 saturated heterocycles. The Balaban J connectivity index is 1.81. The summed E-state index contributed by atoms with van der Waals surface area (Å²) in [7, 11) is 0. The van der Waals surface area contributed by atoms with E-state index < -0.39 is 0 Å². The summed E-state index contributed by atoms with van der Waals surface area (Å²) in [5.74, 6) is 2.21. The molecule has 0 aliphatic carbocycles. The van der Waals surface area contributed by atoms with Gasteiger partial charge in [-0.15, -0.1) is 0 Å². The van der Waals surface area contributed by atoms with Gasteiger partial charge in [-0.05, 0) is 30.5 Å². The molecular weight excluding hydrogens is 248 g/mol. The molecule has 0 fully saturated rings. The van der Waals surface area contributed by atoms with E-state index in [0.29, 0.717) is 11.8 Å². The van der Waals surface area contributed by atoms with Crippen LogP contribution in [0.1, 0.15) is 49.8 Å². The predicted molar refractivity (Wildman–Crippen MR) is 81.0 cm³/mol. The molecule has 20 heavy (non-hydrogen) atoms. The molecule has 4 heteroatoms. The zero-order valence-corrected chi connectivity index (χ0v) is 12.2. The Bertz CT molecular complexity index is 557. The molecule has 0 radical (unpaired) electrons. The molecule has 1 aliphatic rings. The van der Waals surface area contributed by atoms with Gasteiger partial charge in [0.05, 0.1) is 12.2 Å². The van der Waals surface area contributed by atoms with Crippen molar-refractivity contribution < 1.29 is 0 Å². The minimum atomic E-state index is 0.472. The van der Waals surface area contributed by atoms with Gasteiger partial charge in [-0.1, -0.05) is 13.8 Å². The number of fused-ring (bicyclic) bond motifs is 1. The molecule has 0 aromatic carbocycles. The SMILES string of the molecule is CCC(CC)c1cc2n(n1)CC(c1ccncc1)CN2. The number of nitrogens with zero attached hydrogens (tertiary/aromatic N) is 3. The number of aromatic nitrogens is 3. The molecule has 1 atom stereocenters. The largest absolute Gasteiger partial charge is 0.370 e. The van der Waals surface area contributed by atoms with Crippen LogP contribution in [0.3, 0.4) is 0 Å². The molecule has 2 aromatic heterocycles.